The van der Waals surface area contributed by atoms with Crippen molar-refractivity contribution in [2.75, 3.05) is 5.32 Å². The third-order valence-corrected chi connectivity index (χ3v) is 5.30. The Bertz CT molecular complexity index is 970. The van der Waals surface area contributed by atoms with Gasteiger partial charge in [0.25, 0.3) is 5.91 Å². The van der Waals surface area contributed by atoms with E-state index in [0.29, 0.717) is 43.6 Å². The molecule has 0 spiro atoms. The van der Waals surface area contributed by atoms with Gasteiger partial charge in [-0.25, -0.2) is 0 Å². The number of carbonyl (C=O) groups excluding carboxylic acids is 1. The minimum atomic E-state index is -0.348. The molecule has 1 N–H and O–H groups in total. The lowest BCUT2D eigenvalue weighted by atomic mass is 10.2. The molecule has 0 aliphatic heterocycles. The molecule has 6 nitrogen and oxygen atoms in total. The van der Waals surface area contributed by atoms with Gasteiger partial charge in [0.2, 0.25) is 0 Å². The molecule has 0 bridgehead atoms. The Kier molecular flexibility index (Phi) is 6.06. The first-order valence-electron chi connectivity index (χ1n) is 7.58. The van der Waals surface area contributed by atoms with Crippen LogP contribution in [0, 0.1) is 0 Å². The van der Waals surface area contributed by atoms with Crippen LogP contribution in [0.1, 0.15) is 23.0 Å². The minimum Gasteiger partial charge on any atom is -0.303 e. The molecular formula is C16H13Br2Cl2N5O. The maximum absolute atomic E-state index is 12.5. The summed E-state index contributed by atoms with van der Waals surface area (Å²) in [5.74, 6) is 0.0533. The molecule has 2 heterocycles. The summed E-state index contributed by atoms with van der Waals surface area (Å²) in [4.78, 5) is 12.5. The number of hydrogen-bond donors (Lipinski definition) is 1. The van der Waals surface area contributed by atoms with Crippen molar-refractivity contribution in [1.82, 2.24) is 19.6 Å². The second-order valence-electron chi connectivity index (χ2n) is 5.39. The maximum atomic E-state index is 12.5. The number of rotatable bonds is 5. The van der Waals surface area contributed by atoms with Gasteiger partial charge in [-0.1, -0.05) is 29.3 Å². The summed E-state index contributed by atoms with van der Waals surface area (Å²) >= 11 is 18.9. The summed E-state index contributed by atoms with van der Waals surface area (Å²) < 4.78 is 4.63. The largest absolute Gasteiger partial charge is 0.303 e. The molecule has 2 aromatic heterocycles. The van der Waals surface area contributed by atoms with Crippen LogP contribution in [0.25, 0.3) is 0 Å². The standard InChI is InChI=1S/C16H13Br2Cl2N5O/c1-2-24-7-11(17)14(22-24)16(26)21-15-12(18)8-25(23-15)6-9-3-4-10(19)5-13(9)20/h3-5,7-8H,2,6H2,1H3,(H,21,23,26). The maximum Gasteiger partial charge on any atom is 0.278 e. The second-order valence-corrected chi connectivity index (χ2v) is 7.95. The van der Waals surface area contributed by atoms with E-state index in [0.717, 1.165) is 5.56 Å². The highest BCUT2D eigenvalue weighted by Crippen LogP contribution is 2.25. The van der Waals surface area contributed by atoms with Gasteiger partial charge in [0.1, 0.15) is 0 Å². The molecule has 26 heavy (non-hydrogen) atoms. The highest BCUT2D eigenvalue weighted by Gasteiger charge is 2.18. The molecule has 0 atom stereocenters. The Morgan fingerprint density at radius 1 is 1.15 bits per heavy atom. The van der Waals surface area contributed by atoms with E-state index in [2.05, 4.69) is 47.4 Å². The highest BCUT2D eigenvalue weighted by molar-refractivity contribution is 9.11. The normalized spacial score (nSPS) is 11.0. The smallest absolute Gasteiger partial charge is 0.278 e. The third-order valence-electron chi connectivity index (χ3n) is 3.55. The van der Waals surface area contributed by atoms with Crippen LogP contribution in [0.3, 0.4) is 0 Å². The lowest BCUT2D eigenvalue weighted by Gasteiger charge is -2.05. The average Bonchev–Trinajstić information content (AvgIpc) is 3.13. The molecule has 0 fully saturated rings. The molecule has 3 aromatic rings. The summed E-state index contributed by atoms with van der Waals surface area (Å²) in [6.07, 6.45) is 3.52. The van der Waals surface area contributed by atoms with Gasteiger partial charge in [0.15, 0.2) is 11.5 Å². The molecule has 0 unspecified atom stereocenters. The molecular weight excluding hydrogens is 509 g/mol. The van der Waals surface area contributed by atoms with Crippen LogP contribution in [0.15, 0.2) is 39.5 Å². The summed E-state index contributed by atoms with van der Waals surface area (Å²) in [6, 6.07) is 5.29. The summed E-state index contributed by atoms with van der Waals surface area (Å²) in [5.41, 5.74) is 1.17. The number of anilines is 1. The van der Waals surface area contributed by atoms with Crippen molar-refractivity contribution >= 4 is 66.8 Å². The van der Waals surface area contributed by atoms with Crippen LogP contribution < -0.4 is 5.32 Å². The van der Waals surface area contributed by atoms with E-state index in [1.807, 2.05) is 13.0 Å². The van der Waals surface area contributed by atoms with Gasteiger partial charge >= 0.3 is 0 Å². The first kappa shape index (κ1) is 19.4. The Labute approximate surface area is 176 Å². The first-order chi connectivity index (χ1) is 12.4. The Hall–Kier alpha value is -1.35. The highest BCUT2D eigenvalue weighted by atomic mass is 79.9. The number of carbonyl (C=O) groups is 1. The zero-order valence-corrected chi connectivity index (χ0v) is 18.2. The molecule has 136 valence electrons. The molecule has 0 radical (unpaired) electrons. The average molecular weight is 522 g/mol. The Balaban J connectivity index is 1.77. The number of aryl methyl sites for hydroxylation is 1. The van der Waals surface area contributed by atoms with Crippen LogP contribution in [0.5, 0.6) is 0 Å². The van der Waals surface area contributed by atoms with Gasteiger partial charge in [0.05, 0.1) is 15.5 Å². The van der Waals surface area contributed by atoms with Crippen molar-refractivity contribution < 1.29 is 4.79 Å². The van der Waals surface area contributed by atoms with Crippen LogP contribution in [-0.4, -0.2) is 25.5 Å². The lowest BCUT2D eigenvalue weighted by Crippen LogP contribution is -2.15. The summed E-state index contributed by atoms with van der Waals surface area (Å²) in [5, 5.41) is 12.5. The number of nitrogens with one attached hydrogen (secondary N) is 1. The fraction of sp³-hybridized carbons (Fsp3) is 0.188. The predicted octanol–water partition coefficient (Wildman–Crippen LogP) is 5.23. The van der Waals surface area contributed by atoms with Gasteiger partial charge in [0, 0.05) is 29.0 Å². The number of nitrogens with zero attached hydrogens (tertiary/aromatic N) is 4. The number of aromatic nitrogens is 4. The summed E-state index contributed by atoms with van der Waals surface area (Å²) in [6.45, 7) is 3.06. The van der Waals surface area contributed by atoms with E-state index < -0.39 is 0 Å². The van der Waals surface area contributed by atoms with Crippen LogP contribution in [0.4, 0.5) is 5.82 Å². The molecule has 0 aliphatic rings. The van der Waals surface area contributed by atoms with Crippen LogP contribution in [-0.2, 0) is 13.1 Å². The summed E-state index contributed by atoms with van der Waals surface area (Å²) in [7, 11) is 0. The SMILES string of the molecule is CCn1cc(Br)c(C(=O)Nc2nn(Cc3ccc(Cl)cc3Cl)cc2Br)n1. The third kappa shape index (κ3) is 4.31. The fourth-order valence-electron chi connectivity index (χ4n) is 2.27. The van der Waals surface area contributed by atoms with Crippen molar-refractivity contribution in [3.8, 4) is 0 Å². The zero-order chi connectivity index (χ0) is 18.8. The van der Waals surface area contributed by atoms with Crippen molar-refractivity contribution in [3.63, 3.8) is 0 Å². The zero-order valence-electron chi connectivity index (χ0n) is 13.5. The number of amides is 1. The minimum absolute atomic E-state index is 0.300. The van der Waals surface area contributed by atoms with Gasteiger partial charge in [-0.2, -0.15) is 10.2 Å². The van der Waals surface area contributed by atoms with Gasteiger partial charge in [-0.3, -0.25) is 14.2 Å². The lowest BCUT2D eigenvalue weighted by molar-refractivity contribution is 0.102. The van der Waals surface area contributed by atoms with Gasteiger partial charge in [-0.15, -0.1) is 0 Å². The van der Waals surface area contributed by atoms with Crippen LogP contribution in [0.2, 0.25) is 10.0 Å². The number of hydrogen-bond acceptors (Lipinski definition) is 3. The van der Waals surface area contributed by atoms with E-state index in [1.54, 1.807) is 33.9 Å². The Morgan fingerprint density at radius 3 is 2.54 bits per heavy atom. The fourth-order valence-corrected chi connectivity index (χ4v) is 3.65. The molecule has 0 saturated carbocycles. The van der Waals surface area contributed by atoms with E-state index in [4.69, 9.17) is 23.2 Å². The second kappa shape index (κ2) is 8.12. The molecule has 0 saturated heterocycles. The molecule has 1 amide bonds. The quantitative estimate of drug-likeness (QED) is 0.500. The monoisotopic (exact) mass is 519 g/mol. The molecule has 1 aromatic carbocycles. The van der Waals surface area contributed by atoms with Crippen LogP contribution >= 0.6 is 55.1 Å². The van der Waals surface area contributed by atoms with Gasteiger partial charge in [-0.05, 0) is 56.5 Å². The Morgan fingerprint density at radius 2 is 1.88 bits per heavy atom. The van der Waals surface area contributed by atoms with E-state index in [-0.39, 0.29) is 5.91 Å². The topological polar surface area (TPSA) is 64.7 Å². The van der Waals surface area contributed by atoms with Crippen molar-refractivity contribution in [2.45, 2.75) is 20.0 Å². The number of benzene rings is 1. The van der Waals surface area contributed by atoms with E-state index in [9.17, 15) is 4.79 Å². The van der Waals surface area contributed by atoms with E-state index in [1.165, 1.54) is 0 Å². The molecule has 10 heteroatoms. The number of halogens is 4. The van der Waals surface area contributed by atoms with Gasteiger partial charge < -0.3 is 5.32 Å². The molecule has 0 aliphatic carbocycles. The van der Waals surface area contributed by atoms with E-state index >= 15 is 0 Å². The van der Waals surface area contributed by atoms with Crippen molar-refractivity contribution in [2.24, 2.45) is 0 Å². The first-order valence-corrected chi connectivity index (χ1v) is 9.92. The molecule has 3 rings (SSSR count). The van der Waals surface area contributed by atoms with Crippen molar-refractivity contribution in [1.29, 1.82) is 0 Å². The van der Waals surface area contributed by atoms with Crippen molar-refractivity contribution in [3.05, 3.63) is 60.8 Å². The predicted molar refractivity (Wildman–Crippen MR) is 109 cm³/mol.